The van der Waals surface area contributed by atoms with Gasteiger partial charge in [0, 0.05) is 19.7 Å². The van der Waals surface area contributed by atoms with Crippen LogP contribution in [-0.2, 0) is 9.53 Å². The van der Waals surface area contributed by atoms with Gasteiger partial charge < -0.3 is 15.0 Å². The monoisotopic (exact) mass is 240 g/mol. The molecule has 98 valence electrons. The first-order valence-electron chi connectivity index (χ1n) is 6.95. The largest absolute Gasteiger partial charge is 0.378 e. The van der Waals surface area contributed by atoms with Crippen LogP contribution in [-0.4, -0.2) is 49.2 Å². The molecule has 0 aromatic rings. The summed E-state index contributed by atoms with van der Waals surface area (Å²) in [4.78, 5) is 14.2. The van der Waals surface area contributed by atoms with Gasteiger partial charge in [-0.3, -0.25) is 4.79 Å². The van der Waals surface area contributed by atoms with E-state index in [1.807, 2.05) is 4.90 Å². The van der Waals surface area contributed by atoms with Crippen molar-refractivity contribution in [1.29, 1.82) is 0 Å². The standard InChI is InChI=1S/C13H24N2O2/c1-2-14-12-6-3-8-15(13(12)16)9-7-11-5-4-10-17-11/h11-12,14H,2-10H2,1H3. The molecule has 0 saturated carbocycles. The van der Waals surface area contributed by atoms with E-state index < -0.39 is 0 Å². The maximum Gasteiger partial charge on any atom is 0.239 e. The van der Waals surface area contributed by atoms with E-state index in [0.717, 1.165) is 45.5 Å². The first-order valence-corrected chi connectivity index (χ1v) is 6.95. The number of likely N-dealkylation sites (tertiary alicyclic amines) is 1. The van der Waals surface area contributed by atoms with Gasteiger partial charge in [-0.1, -0.05) is 6.92 Å². The van der Waals surface area contributed by atoms with Crippen molar-refractivity contribution < 1.29 is 9.53 Å². The molecule has 4 nitrogen and oxygen atoms in total. The lowest BCUT2D eigenvalue weighted by atomic mass is 10.0. The molecule has 2 heterocycles. The molecule has 1 amide bonds. The maximum atomic E-state index is 12.1. The van der Waals surface area contributed by atoms with Crippen molar-refractivity contribution in [2.75, 3.05) is 26.2 Å². The smallest absolute Gasteiger partial charge is 0.239 e. The summed E-state index contributed by atoms with van der Waals surface area (Å²) in [7, 11) is 0. The fourth-order valence-corrected chi connectivity index (χ4v) is 2.77. The molecule has 0 aliphatic carbocycles. The Morgan fingerprint density at radius 2 is 2.29 bits per heavy atom. The van der Waals surface area contributed by atoms with Gasteiger partial charge in [0.2, 0.25) is 5.91 Å². The van der Waals surface area contributed by atoms with Gasteiger partial charge in [-0.2, -0.15) is 0 Å². The zero-order valence-electron chi connectivity index (χ0n) is 10.8. The Morgan fingerprint density at radius 3 is 3.00 bits per heavy atom. The molecule has 0 spiro atoms. The molecular formula is C13H24N2O2. The van der Waals surface area contributed by atoms with Crippen LogP contribution in [0.1, 0.15) is 39.0 Å². The predicted molar refractivity (Wildman–Crippen MR) is 66.9 cm³/mol. The molecule has 2 saturated heterocycles. The molecule has 2 atom stereocenters. The van der Waals surface area contributed by atoms with Crippen LogP contribution in [0.3, 0.4) is 0 Å². The Kier molecular flexibility index (Phi) is 4.80. The number of ether oxygens (including phenoxy) is 1. The van der Waals surface area contributed by atoms with Gasteiger partial charge in [0.05, 0.1) is 12.1 Å². The highest BCUT2D eigenvalue weighted by atomic mass is 16.5. The third-order valence-electron chi connectivity index (χ3n) is 3.73. The summed E-state index contributed by atoms with van der Waals surface area (Å²) in [6.07, 6.45) is 5.85. The lowest BCUT2D eigenvalue weighted by Crippen LogP contribution is -2.51. The highest BCUT2D eigenvalue weighted by Gasteiger charge is 2.28. The van der Waals surface area contributed by atoms with Gasteiger partial charge in [-0.25, -0.2) is 0 Å². The molecule has 0 aromatic carbocycles. The number of nitrogens with one attached hydrogen (secondary N) is 1. The molecule has 1 N–H and O–H groups in total. The average molecular weight is 240 g/mol. The first kappa shape index (κ1) is 12.8. The van der Waals surface area contributed by atoms with E-state index in [-0.39, 0.29) is 11.9 Å². The summed E-state index contributed by atoms with van der Waals surface area (Å²) in [6.45, 7) is 5.62. The summed E-state index contributed by atoms with van der Waals surface area (Å²) >= 11 is 0. The predicted octanol–water partition coefficient (Wildman–Crippen LogP) is 1.16. The molecule has 2 aliphatic heterocycles. The van der Waals surface area contributed by atoms with Gasteiger partial charge in [-0.05, 0) is 38.6 Å². The van der Waals surface area contributed by atoms with Crippen LogP contribution in [0.5, 0.6) is 0 Å². The number of amides is 1. The minimum atomic E-state index is 0.0539. The molecule has 4 heteroatoms. The number of likely N-dealkylation sites (N-methyl/N-ethyl adjacent to an activating group) is 1. The molecule has 2 unspecified atom stereocenters. The zero-order chi connectivity index (χ0) is 12.1. The second kappa shape index (κ2) is 6.36. The average Bonchev–Trinajstić information content (AvgIpc) is 2.83. The summed E-state index contributed by atoms with van der Waals surface area (Å²) < 4.78 is 5.60. The number of rotatable bonds is 5. The van der Waals surface area contributed by atoms with Crippen LogP contribution < -0.4 is 5.32 Å². The number of carbonyl (C=O) groups excluding carboxylic acids is 1. The van der Waals surface area contributed by atoms with E-state index >= 15 is 0 Å². The van der Waals surface area contributed by atoms with Crippen molar-refractivity contribution in [2.24, 2.45) is 0 Å². The number of hydrogen-bond donors (Lipinski definition) is 1. The molecule has 17 heavy (non-hydrogen) atoms. The Balaban J connectivity index is 1.76. The van der Waals surface area contributed by atoms with Crippen molar-refractivity contribution in [3.05, 3.63) is 0 Å². The third kappa shape index (κ3) is 3.42. The molecule has 2 aliphatic rings. The summed E-state index contributed by atoms with van der Waals surface area (Å²) in [5.41, 5.74) is 0. The highest BCUT2D eigenvalue weighted by molar-refractivity contribution is 5.82. The van der Waals surface area contributed by atoms with Crippen LogP contribution >= 0.6 is 0 Å². The van der Waals surface area contributed by atoms with Crippen LogP contribution in [0.15, 0.2) is 0 Å². The maximum absolute atomic E-state index is 12.1. The molecule has 2 rings (SSSR count). The first-order chi connectivity index (χ1) is 8.31. The van der Waals surface area contributed by atoms with Gasteiger partial charge in [0.1, 0.15) is 0 Å². The zero-order valence-corrected chi connectivity index (χ0v) is 10.8. The number of hydrogen-bond acceptors (Lipinski definition) is 3. The highest BCUT2D eigenvalue weighted by Crippen LogP contribution is 2.18. The summed E-state index contributed by atoms with van der Waals surface area (Å²) in [5, 5.41) is 3.27. The van der Waals surface area contributed by atoms with Crippen molar-refractivity contribution >= 4 is 5.91 Å². The van der Waals surface area contributed by atoms with E-state index in [1.165, 1.54) is 12.8 Å². The third-order valence-corrected chi connectivity index (χ3v) is 3.73. The van der Waals surface area contributed by atoms with Crippen LogP contribution in [0.2, 0.25) is 0 Å². The molecule has 0 bridgehead atoms. The van der Waals surface area contributed by atoms with E-state index in [9.17, 15) is 4.79 Å². The van der Waals surface area contributed by atoms with E-state index in [2.05, 4.69) is 12.2 Å². The molecule has 0 aromatic heterocycles. The van der Waals surface area contributed by atoms with Crippen LogP contribution in [0.25, 0.3) is 0 Å². The normalized spacial score (nSPS) is 29.9. The second-order valence-electron chi connectivity index (χ2n) is 5.00. The van der Waals surface area contributed by atoms with Crippen LogP contribution in [0.4, 0.5) is 0 Å². The van der Waals surface area contributed by atoms with Gasteiger partial charge >= 0.3 is 0 Å². The number of nitrogens with zero attached hydrogens (tertiary/aromatic N) is 1. The van der Waals surface area contributed by atoms with E-state index in [4.69, 9.17) is 4.74 Å². The molecule has 2 fully saturated rings. The fraction of sp³-hybridized carbons (Fsp3) is 0.923. The Morgan fingerprint density at radius 1 is 1.41 bits per heavy atom. The van der Waals surface area contributed by atoms with Gasteiger partial charge in [-0.15, -0.1) is 0 Å². The SMILES string of the molecule is CCNC1CCCN(CCC2CCCO2)C1=O. The lowest BCUT2D eigenvalue weighted by molar-refractivity contribution is -0.136. The topological polar surface area (TPSA) is 41.6 Å². The van der Waals surface area contributed by atoms with Gasteiger partial charge in [0.15, 0.2) is 0 Å². The molecule has 0 radical (unpaired) electrons. The van der Waals surface area contributed by atoms with Crippen molar-refractivity contribution in [1.82, 2.24) is 10.2 Å². The van der Waals surface area contributed by atoms with Gasteiger partial charge in [0.25, 0.3) is 0 Å². The fourth-order valence-electron chi connectivity index (χ4n) is 2.77. The summed E-state index contributed by atoms with van der Waals surface area (Å²) in [6, 6.07) is 0.0539. The van der Waals surface area contributed by atoms with E-state index in [1.54, 1.807) is 0 Å². The minimum Gasteiger partial charge on any atom is -0.378 e. The minimum absolute atomic E-state index is 0.0539. The second-order valence-corrected chi connectivity index (χ2v) is 5.00. The Bertz CT molecular complexity index is 250. The van der Waals surface area contributed by atoms with Crippen molar-refractivity contribution in [3.63, 3.8) is 0 Å². The van der Waals surface area contributed by atoms with Crippen molar-refractivity contribution in [3.8, 4) is 0 Å². The summed E-state index contributed by atoms with van der Waals surface area (Å²) in [5.74, 6) is 0.288. The lowest BCUT2D eigenvalue weighted by Gasteiger charge is -2.33. The number of piperidine rings is 1. The van der Waals surface area contributed by atoms with Crippen LogP contribution in [0, 0.1) is 0 Å². The molecular weight excluding hydrogens is 216 g/mol. The Hall–Kier alpha value is -0.610. The number of carbonyl (C=O) groups is 1. The quantitative estimate of drug-likeness (QED) is 0.784. The Labute approximate surface area is 104 Å². The van der Waals surface area contributed by atoms with Crippen molar-refractivity contribution in [2.45, 2.75) is 51.2 Å². The van der Waals surface area contributed by atoms with E-state index in [0.29, 0.717) is 6.10 Å².